The van der Waals surface area contributed by atoms with Gasteiger partial charge < -0.3 is 59.2 Å². The zero-order valence-electron chi connectivity index (χ0n) is 35.7. The van der Waals surface area contributed by atoms with Crippen LogP contribution in [0.5, 0.6) is 0 Å². The van der Waals surface area contributed by atoms with Gasteiger partial charge in [0.15, 0.2) is 0 Å². The first-order valence-electron chi connectivity index (χ1n) is 21.9. The Kier molecular flexibility index (Phi) is 30.6. The average molecular weight is 814 g/mol. The summed E-state index contributed by atoms with van der Waals surface area (Å²) in [6.07, 6.45) is 8.11. The highest BCUT2D eigenvalue weighted by atomic mass is 16.5. The zero-order chi connectivity index (χ0) is 41.2. The van der Waals surface area contributed by atoms with Crippen molar-refractivity contribution < 1.29 is 43.2 Å². The van der Waals surface area contributed by atoms with Gasteiger partial charge in [0.25, 0.3) is 0 Å². The molecule has 2 heterocycles. The molecule has 0 spiro atoms. The molecule has 0 aromatic heterocycles. The lowest BCUT2D eigenvalue weighted by atomic mass is 10.2. The average Bonchev–Trinajstić information content (AvgIpc) is 3.20. The van der Waals surface area contributed by atoms with Crippen LogP contribution in [0.2, 0.25) is 0 Å². The minimum Gasteiger partial charge on any atom is -0.466 e. The lowest BCUT2D eigenvalue weighted by molar-refractivity contribution is -0.147. The van der Waals surface area contributed by atoms with Gasteiger partial charge in [-0.05, 0) is 105 Å². The molecule has 0 radical (unpaired) electrons. The second kappa shape index (κ2) is 34.4. The van der Waals surface area contributed by atoms with Crippen molar-refractivity contribution in [2.75, 3.05) is 158 Å². The molecule has 0 atom stereocenters. The van der Waals surface area contributed by atoms with Crippen LogP contribution in [0.4, 0.5) is 0 Å². The van der Waals surface area contributed by atoms with Crippen LogP contribution in [0.15, 0.2) is 0 Å². The Balaban J connectivity index is 1.42. The largest absolute Gasteiger partial charge is 0.466 e. The summed E-state index contributed by atoms with van der Waals surface area (Å²) >= 11 is 0. The Bertz CT molecular complexity index is 970. The van der Waals surface area contributed by atoms with Gasteiger partial charge in [-0.1, -0.05) is 0 Å². The molecule has 57 heavy (non-hydrogen) atoms. The number of piperazine rings is 2. The van der Waals surface area contributed by atoms with E-state index in [2.05, 4.69) is 49.2 Å². The quantitative estimate of drug-likeness (QED) is 0.0475. The molecule has 2 saturated heterocycles. The number of aliphatic hydroxyl groups is 1. The smallest absolute Gasteiger partial charge is 0.307 e. The number of hydrogen-bond acceptors (Lipinski definition) is 16. The van der Waals surface area contributed by atoms with Gasteiger partial charge in [0.2, 0.25) is 0 Å². The topological polar surface area (TPSA) is 166 Å². The summed E-state index contributed by atoms with van der Waals surface area (Å²) in [5, 5.41) is 15.8. The molecular weight excluding hydrogens is 734 g/mol. The highest BCUT2D eigenvalue weighted by Gasteiger charge is 2.15. The van der Waals surface area contributed by atoms with Crippen molar-refractivity contribution in [3.63, 3.8) is 0 Å². The SMILES string of the molecule is CN1CCN(CCCNCCC(=O)OCCCCOC(=O)CCN(CCCCCO)CCC(=O)OCCCCOC(=O)CCNCCCN2CCN(C)CC2)CC1. The molecule has 0 aromatic rings. The van der Waals surface area contributed by atoms with Crippen LogP contribution in [0.1, 0.15) is 83.5 Å². The summed E-state index contributed by atoms with van der Waals surface area (Å²) in [4.78, 5) is 60.6. The fraction of sp³-hybridized carbons (Fsp3) is 0.902. The Morgan fingerprint density at radius 3 is 1.25 bits per heavy atom. The van der Waals surface area contributed by atoms with Crippen molar-refractivity contribution in [3.05, 3.63) is 0 Å². The second-order valence-electron chi connectivity index (χ2n) is 15.4. The van der Waals surface area contributed by atoms with E-state index in [1.807, 2.05) is 0 Å². The molecule has 16 nitrogen and oxygen atoms in total. The molecule has 2 fully saturated rings. The number of unbranched alkanes of at least 4 members (excludes halogenated alkanes) is 4. The molecule has 3 N–H and O–H groups in total. The standard InChI is InChI=1S/C41H79N7O9/c1-44-25-29-47(30-26-44)21-10-16-42-18-12-38(50)54-34-6-8-36-56-40(52)14-23-46(20-4-3-5-33-49)24-15-41(53)57-37-9-7-35-55-39(51)13-19-43-17-11-22-48-31-27-45(2)28-32-48/h42-43,49H,3-37H2,1-2H3. The number of nitrogens with one attached hydrogen (secondary N) is 2. The number of nitrogens with zero attached hydrogens (tertiary/aromatic N) is 5. The number of esters is 4. The van der Waals surface area contributed by atoms with Crippen LogP contribution in [-0.2, 0) is 38.1 Å². The molecule has 0 aliphatic carbocycles. The van der Waals surface area contributed by atoms with E-state index >= 15 is 0 Å². The Morgan fingerprint density at radius 1 is 0.474 bits per heavy atom. The fourth-order valence-electron chi connectivity index (χ4n) is 6.53. The monoisotopic (exact) mass is 814 g/mol. The molecule has 0 aromatic carbocycles. The number of hydrogen-bond donors (Lipinski definition) is 3. The van der Waals surface area contributed by atoms with E-state index in [0.717, 1.165) is 104 Å². The number of carbonyl (C=O) groups excluding carboxylic acids is 4. The second-order valence-corrected chi connectivity index (χ2v) is 15.4. The first kappa shape index (κ1) is 50.7. The van der Waals surface area contributed by atoms with Gasteiger partial charge in [0.05, 0.1) is 52.1 Å². The van der Waals surface area contributed by atoms with E-state index in [-0.39, 0.29) is 56.5 Å². The molecule has 2 rings (SSSR count). The lowest BCUT2D eigenvalue weighted by Crippen LogP contribution is -2.45. The van der Waals surface area contributed by atoms with Crippen molar-refractivity contribution in [1.82, 2.24) is 35.1 Å². The summed E-state index contributed by atoms with van der Waals surface area (Å²) in [5.74, 6) is -1.05. The van der Waals surface area contributed by atoms with E-state index < -0.39 is 0 Å². The Hall–Kier alpha value is -2.44. The molecule has 0 amide bonds. The minimum atomic E-state index is -0.303. The predicted octanol–water partition coefficient (Wildman–Crippen LogP) is 1.20. The maximum Gasteiger partial charge on any atom is 0.307 e. The third kappa shape index (κ3) is 29.4. The third-order valence-corrected chi connectivity index (χ3v) is 10.4. The molecule has 332 valence electrons. The number of aliphatic hydroxyl groups excluding tert-OH is 1. The first-order valence-corrected chi connectivity index (χ1v) is 21.9. The maximum absolute atomic E-state index is 12.4. The third-order valence-electron chi connectivity index (χ3n) is 10.4. The van der Waals surface area contributed by atoms with Crippen molar-refractivity contribution in [1.29, 1.82) is 0 Å². The van der Waals surface area contributed by atoms with Gasteiger partial charge in [-0.3, -0.25) is 19.2 Å². The van der Waals surface area contributed by atoms with Gasteiger partial charge in [-0.2, -0.15) is 0 Å². The number of carbonyl (C=O) groups is 4. The summed E-state index contributed by atoms with van der Waals surface area (Å²) in [5.41, 5.74) is 0. The van der Waals surface area contributed by atoms with Gasteiger partial charge in [0.1, 0.15) is 0 Å². The van der Waals surface area contributed by atoms with Crippen LogP contribution in [-0.4, -0.2) is 212 Å². The van der Waals surface area contributed by atoms with E-state index in [4.69, 9.17) is 24.1 Å². The molecule has 2 aliphatic rings. The van der Waals surface area contributed by atoms with Crippen LogP contribution in [0, 0.1) is 0 Å². The van der Waals surface area contributed by atoms with E-state index in [1.165, 1.54) is 0 Å². The first-order chi connectivity index (χ1) is 27.7. The minimum absolute atomic E-state index is 0.140. The summed E-state index contributed by atoms with van der Waals surface area (Å²) in [6.45, 7) is 17.0. The zero-order valence-corrected chi connectivity index (χ0v) is 35.7. The normalized spacial score (nSPS) is 15.9. The summed E-state index contributed by atoms with van der Waals surface area (Å²) < 4.78 is 21.4. The number of rotatable bonds is 35. The maximum atomic E-state index is 12.4. The van der Waals surface area contributed by atoms with E-state index in [0.29, 0.717) is 90.9 Å². The molecular formula is C41H79N7O9. The van der Waals surface area contributed by atoms with Crippen molar-refractivity contribution >= 4 is 23.9 Å². The van der Waals surface area contributed by atoms with Gasteiger partial charge in [0, 0.05) is 85.1 Å². The fourth-order valence-corrected chi connectivity index (χ4v) is 6.53. The van der Waals surface area contributed by atoms with Gasteiger partial charge >= 0.3 is 23.9 Å². The van der Waals surface area contributed by atoms with Crippen LogP contribution in [0.25, 0.3) is 0 Å². The number of ether oxygens (including phenoxy) is 4. The van der Waals surface area contributed by atoms with Gasteiger partial charge in [-0.25, -0.2) is 0 Å². The molecule has 0 saturated carbocycles. The van der Waals surface area contributed by atoms with Crippen LogP contribution in [0.3, 0.4) is 0 Å². The summed E-state index contributed by atoms with van der Waals surface area (Å²) in [7, 11) is 4.32. The molecule has 0 unspecified atom stereocenters. The Morgan fingerprint density at radius 2 is 0.860 bits per heavy atom. The highest BCUT2D eigenvalue weighted by molar-refractivity contribution is 5.70. The molecule has 2 aliphatic heterocycles. The summed E-state index contributed by atoms with van der Waals surface area (Å²) in [6, 6.07) is 0. The van der Waals surface area contributed by atoms with Crippen molar-refractivity contribution in [2.45, 2.75) is 83.5 Å². The van der Waals surface area contributed by atoms with Gasteiger partial charge in [-0.15, -0.1) is 0 Å². The predicted molar refractivity (Wildman–Crippen MR) is 221 cm³/mol. The Labute approximate surface area is 343 Å². The van der Waals surface area contributed by atoms with E-state index in [9.17, 15) is 19.2 Å². The van der Waals surface area contributed by atoms with Crippen LogP contribution >= 0.6 is 0 Å². The molecule has 0 bridgehead atoms. The van der Waals surface area contributed by atoms with Crippen molar-refractivity contribution in [3.8, 4) is 0 Å². The molecule has 16 heteroatoms. The lowest BCUT2D eigenvalue weighted by Gasteiger charge is -2.32. The number of likely N-dealkylation sites (N-methyl/N-ethyl adjacent to an activating group) is 2. The highest BCUT2D eigenvalue weighted by Crippen LogP contribution is 2.05. The van der Waals surface area contributed by atoms with Crippen LogP contribution < -0.4 is 10.6 Å². The van der Waals surface area contributed by atoms with Crippen molar-refractivity contribution in [2.24, 2.45) is 0 Å². The van der Waals surface area contributed by atoms with E-state index in [1.54, 1.807) is 0 Å².